The quantitative estimate of drug-likeness (QED) is 0.446. The molecule has 0 aliphatic heterocycles. The van der Waals surface area contributed by atoms with Gasteiger partial charge in [-0.3, -0.25) is 0 Å². The molecule has 0 unspecified atom stereocenters. The van der Waals surface area contributed by atoms with Crippen LogP contribution in [0.5, 0.6) is 0 Å². The topological polar surface area (TPSA) is 23.8 Å². The SMILES string of the molecule is CCCCCC12CCC(C3CCC(C#N)(CCC)CC3)(CC1)CC2. The van der Waals surface area contributed by atoms with Gasteiger partial charge in [-0.25, -0.2) is 0 Å². The Morgan fingerprint density at radius 2 is 1.42 bits per heavy atom. The predicted molar refractivity (Wildman–Crippen MR) is 102 cm³/mol. The molecule has 2 bridgehead atoms. The number of unbranched alkanes of at least 4 members (excludes halogenated alkanes) is 2. The molecule has 1 nitrogen and oxygen atoms in total. The summed E-state index contributed by atoms with van der Waals surface area (Å²) >= 11 is 0. The van der Waals surface area contributed by atoms with Crippen molar-refractivity contribution in [2.24, 2.45) is 22.2 Å². The van der Waals surface area contributed by atoms with Crippen LogP contribution in [0.2, 0.25) is 0 Å². The van der Waals surface area contributed by atoms with Gasteiger partial charge in [0.25, 0.3) is 0 Å². The summed E-state index contributed by atoms with van der Waals surface area (Å²) in [5.41, 5.74) is 1.46. The Balaban J connectivity index is 1.56. The fourth-order valence-corrected chi connectivity index (χ4v) is 6.71. The highest BCUT2D eigenvalue weighted by Crippen LogP contribution is 2.64. The van der Waals surface area contributed by atoms with E-state index in [1.165, 1.54) is 96.3 Å². The van der Waals surface area contributed by atoms with E-state index in [2.05, 4.69) is 19.9 Å². The van der Waals surface area contributed by atoms with Gasteiger partial charge in [0.05, 0.1) is 11.5 Å². The zero-order valence-electron chi connectivity index (χ0n) is 16.3. The monoisotopic (exact) mass is 329 g/mol. The molecule has 0 saturated heterocycles. The second kappa shape index (κ2) is 7.39. The van der Waals surface area contributed by atoms with Crippen molar-refractivity contribution in [3.8, 4) is 6.07 Å². The van der Waals surface area contributed by atoms with Crippen molar-refractivity contribution in [1.29, 1.82) is 5.26 Å². The fourth-order valence-electron chi connectivity index (χ4n) is 6.71. The van der Waals surface area contributed by atoms with E-state index in [9.17, 15) is 5.26 Å². The van der Waals surface area contributed by atoms with E-state index in [1.807, 2.05) is 0 Å². The molecule has 0 aromatic carbocycles. The Hall–Kier alpha value is -0.510. The maximum absolute atomic E-state index is 9.69. The molecule has 0 radical (unpaired) electrons. The number of hydrogen-bond donors (Lipinski definition) is 0. The summed E-state index contributed by atoms with van der Waals surface area (Å²) in [5, 5.41) is 9.69. The van der Waals surface area contributed by atoms with Crippen LogP contribution < -0.4 is 0 Å². The van der Waals surface area contributed by atoms with E-state index < -0.39 is 0 Å². The van der Waals surface area contributed by atoms with E-state index in [0.29, 0.717) is 5.41 Å². The zero-order valence-corrected chi connectivity index (χ0v) is 16.3. The molecule has 0 heterocycles. The number of rotatable bonds is 7. The molecule has 4 fully saturated rings. The summed E-state index contributed by atoms with van der Waals surface area (Å²) in [4.78, 5) is 0. The molecule has 4 aliphatic carbocycles. The van der Waals surface area contributed by atoms with Gasteiger partial charge in [0, 0.05) is 0 Å². The molecule has 4 rings (SSSR count). The lowest BCUT2D eigenvalue weighted by Gasteiger charge is -2.58. The normalized spacial score (nSPS) is 42.0. The van der Waals surface area contributed by atoms with Crippen LogP contribution in [-0.2, 0) is 0 Å². The van der Waals surface area contributed by atoms with Crippen LogP contribution in [0.3, 0.4) is 0 Å². The second-order valence-electron chi connectivity index (χ2n) is 9.74. The van der Waals surface area contributed by atoms with Crippen molar-refractivity contribution in [1.82, 2.24) is 0 Å². The summed E-state index contributed by atoms with van der Waals surface area (Å²) in [6, 6.07) is 2.72. The van der Waals surface area contributed by atoms with E-state index >= 15 is 0 Å². The van der Waals surface area contributed by atoms with Crippen molar-refractivity contribution in [2.75, 3.05) is 0 Å². The van der Waals surface area contributed by atoms with Gasteiger partial charge in [-0.1, -0.05) is 39.5 Å². The van der Waals surface area contributed by atoms with E-state index in [4.69, 9.17) is 0 Å². The molecule has 4 saturated carbocycles. The van der Waals surface area contributed by atoms with Gasteiger partial charge in [-0.2, -0.15) is 5.26 Å². The molecule has 0 spiro atoms. The summed E-state index contributed by atoms with van der Waals surface area (Å²) in [5.74, 6) is 0.935. The summed E-state index contributed by atoms with van der Waals surface area (Å²) < 4.78 is 0. The molecule has 0 N–H and O–H groups in total. The molecule has 136 valence electrons. The third kappa shape index (κ3) is 3.40. The van der Waals surface area contributed by atoms with Gasteiger partial charge in [-0.15, -0.1) is 0 Å². The van der Waals surface area contributed by atoms with E-state index in [0.717, 1.165) is 17.8 Å². The predicted octanol–water partition coefficient (Wildman–Crippen LogP) is 7.41. The maximum Gasteiger partial charge on any atom is 0.0689 e. The van der Waals surface area contributed by atoms with E-state index in [-0.39, 0.29) is 5.41 Å². The lowest BCUT2D eigenvalue weighted by molar-refractivity contribution is -0.0689. The Bertz CT molecular complexity index is 425. The molecule has 0 aromatic heterocycles. The van der Waals surface area contributed by atoms with Crippen molar-refractivity contribution in [3.05, 3.63) is 0 Å². The molecular formula is C23H39N. The first-order chi connectivity index (χ1) is 11.6. The first-order valence-electron chi connectivity index (χ1n) is 11.0. The highest BCUT2D eigenvalue weighted by Gasteiger charge is 2.52. The number of nitriles is 1. The summed E-state index contributed by atoms with van der Waals surface area (Å²) in [7, 11) is 0. The molecule has 4 aliphatic rings. The first-order valence-corrected chi connectivity index (χ1v) is 11.0. The molecular weight excluding hydrogens is 290 g/mol. The third-order valence-electron chi connectivity index (χ3n) is 8.54. The number of hydrogen-bond acceptors (Lipinski definition) is 1. The van der Waals surface area contributed by atoms with Crippen molar-refractivity contribution in [3.63, 3.8) is 0 Å². The van der Waals surface area contributed by atoms with Crippen LogP contribution in [0.15, 0.2) is 0 Å². The lowest BCUT2D eigenvalue weighted by Crippen LogP contribution is -2.47. The minimum Gasteiger partial charge on any atom is -0.198 e. The van der Waals surface area contributed by atoms with Crippen molar-refractivity contribution >= 4 is 0 Å². The first kappa shape index (κ1) is 18.3. The smallest absolute Gasteiger partial charge is 0.0689 e. The van der Waals surface area contributed by atoms with Crippen LogP contribution in [0, 0.1) is 33.5 Å². The van der Waals surface area contributed by atoms with Crippen LogP contribution in [0.25, 0.3) is 0 Å². The molecule has 1 heteroatoms. The average Bonchev–Trinajstić information content (AvgIpc) is 2.64. The average molecular weight is 330 g/mol. The van der Waals surface area contributed by atoms with Gasteiger partial charge in [-0.05, 0) is 93.8 Å². The Kier molecular flexibility index (Phi) is 5.63. The Morgan fingerprint density at radius 3 is 1.92 bits per heavy atom. The van der Waals surface area contributed by atoms with Gasteiger partial charge in [0.15, 0.2) is 0 Å². The summed E-state index contributed by atoms with van der Waals surface area (Å²) in [6.45, 7) is 4.57. The molecule has 0 amide bonds. The standard InChI is InChI=1S/C23H39N/c1-3-5-6-10-21-13-16-23(17-14-21,18-15-21)20-7-11-22(19-24,9-4-2)12-8-20/h20H,3-18H2,1-2H3. The van der Waals surface area contributed by atoms with Gasteiger partial charge in [0.1, 0.15) is 0 Å². The van der Waals surface area contributed by atoms with Gasteiger partial charge >= 0.3 is 0 Å². The van der Waals surface area contributed by atoms with Gasteiger partial charge < -0.3 is 0 Å². The largest absolute Gasteiger partial charge is 0.198 e. The van der Waals surface area contributed by atoms with Crippen molar-refractivity contribution < 1.29 is 0 Å². The molecule has 0 atom stereocenters. The van der Waals surface area contributed by atoms with Crippen LogP contribution in [0.1, 0.15) is 117 Å². The van der Waals surface area contributed by atoms with Gasteiger partial charge in [0.2, 0.25) is 0 Å². The number of fused-ring (bicyclic) bond motifs is 3. The third-order valence-corrected chi connectivity index (χ3v) is 8.54. The second-order valence-corrected chi connectivity index (χ2v) is 9.74. The Labute approximate surface area is 150 Å². The maximum atomic E-state index is 9.69. The zero-order chi connectivity index (χ0) is 17.1. The summed E-state index contributed by atoms with van der Waals surface area (Å²) in [6.07, 6.45) is 22.2. The molecule has 0 aromatic rings. The number of nitrogens with zero attached hydrogens (tertiary/aromatic N) is 1. The van der Waals surface area contributed by atoms with Crippen LogP contribution in [-0.4, -0.2) is 0 Å². The Morgan fingerprint density at radius 1 is 0.792 bits per heavy atom. The minimum atomic E-state index is 0.0368. The van der Waals surface area contributed by atoms with Crippen LogP contribution >= 0.6 is 0 Å². The van der Waals surface area contributed by atoms with Crippen LogP contribution in [0.4, 0.5) is 0 Å². The minimum absolute atomic E-state index is 0.0368. The van der Waals surface area contributed by atoms with E-state index in [1.54, 1.807) is 0 Å². The fraction of sp³-hybridized carbons (Fsp3) is 0.957. The van der Waals surface area contributed by atoms with Crippen molar-refractivity contribution in [2.45, 2.75) is 117 Å². The highest BCUT2D eigenvalue weighted by molar-refractivity contribution is 5.07. The molecule has 24 heavy (non-hydrogen) atoms. The highest BCUT2D eigenvalue weighted by atomic mass is 14.6. The lowest BCUT2D eigenvalue weighted by atomic mass is 9.47.